The Hall–Kier alpha value is -1.97. The van der Waals surface area contributed by atoms with Crippen molar-refractivity contribution in [2.45, 2.75) is 26.3 Å². The zero-order valence-electron chi connectivity index (χ0n) is 10.1. The topological polar surface area (TPSA) is 50.7 Å². The average molecular weight is 228 g/mol. The fourth-order valence-electron chi connectivity index (χ4n) is 1.78. The zero-order valence-corrected chi connectivity index (χ0v) is 10.1. The Morgan fingerprint density at radius 2 is 2.12 bits per heavy atom. The summed E-state index contributed by atoms with van der Waals surface area (Å²) in [6.07, 6.45) is 6.06. The van der Waals surface area contributed by atoms with Crippen LogP contribution >= 0.6 is 0 Å². The lowest BCUT2D eigenvalue weighted by atomic mass is 10.1. The van der Waals surface area contributed by atoms with Crippen LogP contribution in [0.1, 0.15) is 30.6 Å². The molecule has 4 heteroatoms. The molecular weight excluding hydrogens is 212 g/mol. The summed E-state index contributed by atoms with van der Waals surface area (Å²) < 4.78 is 0. The molecule has 0 spiro atoms. The molecule has 0 aliphatic carbocycles. The van der Waals surface area contributed by atoms with Crippen LogP contribution in [0.3, 0.4) is 0 Å². The molecule has 2 aromatic rings. The molecule has 2 rings (SSSR count). The van der Waals surface area contributed by atoms with Crippen molar-refractivity contribution in [2.75, 3.05) is 5.32 Å². The summed E-state index contributed by atoms with van der Waals surface area (Å²) in [6, 6.07) is 6.08. The Kier molecular flexibility index (Phi) is 3.65. The lowest BCUT2D eigenvalue weighted by Crippen LogP contribution is -2.13. The first-order chi connectivity index (χ1) is 8.31. The average Bonchev–Trinajstić information content (AvgIpc) is 2.38. The normalized spacial score (nSPS) is 12.1. The zero-order chi connectivity index (χ0) is 12.1. The van der Waals surface area contributed by atoms with E-state index in [1.54, 1.807) is 12.5 Å². The van der Waals surface area contributed by atoms with Crippen molar-refractivity contribution >= 4 is 5.82 Å². The van der Waals surface area contributed by atoms with E-state index < -0.39 is 0 Å². The molecule has 4 nitrogen and oxygen atoms in total. The highest BCUT2D eigenvalue weighted by Gasteiger charge is 2.12. The molecule has 0 radical (unpaired) electrons. The quantitative estimate of drug-likeness (QED) is 0.874. The third-order valence-corrected chi connectivity index (χ3v) is 2.69. The largest absolute Gasteiger partial charge is 0.362 e. The van der Waals surface area contributed by atoms with Crippen LogP contribution in [0.5, 0.6) is 0 Å². The highest BCUT2D eigenvalue weighted by molar-refractivity contribution is 5.36. The van der Waals surface area contributed by atoms with Gasteiger partial charge in [0.2, 0.25) is 0 Å². The third kappa shape index (κ3) is 2.78. The van der Waals surface area contributed by atoms with Gasteiger partial charge in [-0.2, -0.15) is 0 Å². The summed E-state index contributed by atoms with van der Waals surface area (Å²) in [5, 5.41) is 3.37. The Labute approximate surface area is 101 Å². The molecule has 0 saturated carbocycles. The van der Waals surface area contributed by atoms with Crippen LogP contribution < -0.4 is 5.32 Å². The molecule has 1 N–H and O–H groups in total. The number of nitrogens with zero attached hydrogens (tertiary/aromatic N) is 3. The van der Waals surface area contributed by atoms with E-state index in [0.717, 1.165) is 17.9 Å². The van der Waals surface area contributed by atoms with Crippen LogP contribution in [0.15, 0.2) is 36.9 Å². The van der Waals surface area contributed by atoms with Crippen molar-refractivity contribution in [1.82, 2.24) is 15.0 Å². The Balaban J connectivity index is 2.21. The van der Waals surface area contributed by atoms with Crippen molar-refractivity contribution in [3.63, 3.8) is 0 Å². The minimum atomic E-state index is 0.186. The van der Waals surface area contributed by atoms with E-state index in [-0.39, 0.29) is 6.04 Å². The van der Waals surface area contributed by atoms with Gasteiger partial charge < -0.3 is 5.32 Å². The van der Waals surface area contributed by atoms with Gasteiger partial charge in [-0.3, -0.25) is 4.98 Å². The minimum absolute atomic E-state index is 0.186. The van der Waals surface area contributed by atoms with E-state index in [4.69, 9.17) is 0 Å². The van der Waals surface area contributed by atoms with Gasteiger partial charge in [0.25, 0.3) is 0 Å². The van der Waals surface area contributed by atoms with E-state index in [1.807, 2.05) is 18.3 Å². The molecule has 0 bridgehead atoms. The molecule has 2 aromatic heterocycles. The van der Waals surface area contributed by atoms with Gasteiger partial charge in [0.15, 0.2) is 0 Å². The number of nitrogens with one attached hydrogen (secondary N) is 1. The van der Waals surface area contributed by atoms with Crippen molar-refractivity contribution in [3.05, 3.63) is 48.2 Å². The van der Waals surface area contributed by atoms with Gasteiger partial charge in [-0.25, -0.2) is 9.97 Å². The molecule has 1 unspecified atom stereocenters. The number of aryl methyl sites for hydroxylation is 1. The Morgan fingerprint density at radius 3 is 2.76 bits per heavy atom. The van der Waals surface area contributed by atoms with Crippen LogP contribution in [-0.2, 0) is 0 Å². The van der Waals surface area contributed by atoms with Gasteiger partial charge in [-0.1, -0.05) is 13.0 Å². The highest BCUT2D eigenvalue weighted by Crippen LogP contribution is 2.21. The predicted molar refractivity (Wildman–Crippen MR) is 67.7 cm³/mol. The fraction of sp³-hybridized carbons (Fsp3) is 0.308. The van der Waals surface area contributed by atoms with Crippen molar-refractivity contribution in [2.24, 2.45) is 0 Å². The van der Waals surface area contributed by atoms with Gasteiger partial charge in [0, 0.05) is 12.4 Å². The molecule has 88 valence electrons. The number of hydrogen-bond donors (Lipinski definition) is 1. The lowest BCUT2D eigenvalue weighted by molar-refractivity contribution is 0.712. The number of hydrogen-bond acceptors (Lipinski definition) is 4. The smallest absolute Gasteiger partial charge is 0.129 e. The lowest BCUT2D eigenvalue weighted by Gasteiger charge is -2.18. The highest BCUT2D eigenvalue weighted by atomic mass is 15.0. The Bertz CT molecular complexity index is 470. The maximum Gasteiger partial charge on any atom is 0.129 e. The molecular formula is C13H16N4. The van der Waals surface area contributed by atoms with Crippen LogP contribution in [-0.4, -0.2) is 15.0 Å². The molecule has 0 amide bonds. The van der Waals surface area contributed by atoms with E-state index in [0.29, 0.717) is 0 Å². The summed E-state index contributed by atoms with van der Waals surface area (Å²) in [6.45, 7) is 4.21. The summed E-state index contributed by atoms with van der Waals surface area (Å²) >= 11 is 0. The molecule has 0 aromatic carbocycles. The standard InChI is InChI=1S/C13H16N4/c1-3-11(13-10(2)5-4-7-15-13)17-12-6-8-14-9-16-12/h4-9,11H,3H2,1-2H3,(H,14,16,17). The third-order valence-electron chi connectivity index (χ3n) is 2.69. The minimum Gasteiger partial charge on any atom is -0.362 e. The summed E-state index contributed by atoms with van der Waals surface area (Å²) in [7, 11) is 0. The van der Waals surface area contributed by atoms with E-state index in [1.165, 1.54) is 5.56 Å². The maximum absolute atomic E-state index is 4.44. The molecule has 2 heterocycles. The molecule has 0 fully saturated rings. The first kappa shape index (κ1) is 11.5. The monoisotopic (exact) mass is 228 g/mol. The van der Waals surface area contributed by atoms with Gasteiger partial charge >= 0.3 is 0 Å². The second-order valence-corrected chi connectivity index (χ2v) is 3.91. The first-order valence-corrected chi connectivity index (χ1v) is 5.75. The van der Waals surface area contributed by atoms with Crippen LogP contribution in [0.2, 0.25) is 0 Å². The second kappa shape index (κ2) is 5.39. The summed E-state index contributed by atoms with van der Waals surface area (Å²) in [5.41, 5.74) is 2.27. The number of rotatable bonds is 4. The van der Waals surface area contributed by atoms with Crippen molar-refractivity contribution in [1.29, 1.82) is 0 Å². The molecule has 17 heavy (non-hydrogen) atoms. The number of pyridine rings is 1. The van der Waals surface area contributed by atoms with E-state index in [9.17, 15) is 0 Å². The number of aromatic nitrogens is 3. The van der Waals surface area contributed by atoms with Gasteiger partial charge in [-0.15, -0.1) is 0 Å². The molecule has 0 aliphatic heterocycles. The van der Waals surface area contributed by atoms with E-state index in [2.05, 4.69) is 40.2 Å². The summed E-state index contributed by atoms with van der Waals surface area (Å²) in [5.74, 6) is 0.830. The maximum atomic E-state index is 4.44. The van der Waals surface area contributed by atoms with Crippen LogP contribution in [0.25, 0.3) is 0 Å². The Morgan fingerprint density at radius 1 is 1.24 bits per heavy atom. The first-order valence-electron chi connectivity index (χ1n) is 5.75. The molecule has 1 atom stereocenters. The molecule has 0 aliphatic rings. The van der Waals surface area contributed by atoms with Crippen LogP contribution in [0.4, 0.5) is 5.82 Å². The molecule has 0 saturated heterocycles. The summed E-state index contributed by atoms with van der Waals surface area (Å²) in [4.78, 5) is 12.5. The van der Waals surface area contributed by atoms with Crippen molar-refractivity contribution < 1.29 is 0 Å². The SMILES string of the molecule is CCC(Nc1ccncn1)c1ncccc1C. The fourth-order valence-corrected chi connectivity index (χ4v) is 1.78. The van der Waals surface area contributed by atoms with Gasteiger partial charge in [0.05, 0.1) is 11.7 Å². The second-order valence-electron chi connectivity index (χ2n) is 3.91. The van der Waals surface area contributed by atoms with E-state index >= 15 is 0 Å². The van der Waals surface area contributed by atoms with Crippen LogP contribution in [0, 0.1) is 6.92 Å². The van der Waals surface area contributed by atoms with Gasteiger partial charge in [-0.05, 0) is 31.0 Å². The van der Waals surface area contributed by atoms with Gasteiger partial charge in [0.1, 0.15) is 12.1 Å². The predicted octanol–water partition coefficient (Wildman–Crippen LogP) is 2.74. The number of anilines is 1. The van der Waals surface area contributed by atoms with Crippen molar-refractivity contribution in [3.8, 4) is 0 Å².